The molecule has 3 N–H and O–H groups in total. The van der Waals surface area contributed by atoms with Crippen LogP contribution in [0.1, 0.15) is 29.8 Å². The highest BCUT2D eigenvalue weighted by atomic mass is 16.6. The molecule has 0 fully saturated rings. The lowest BCUT2D eigenvalue weighted by molar-refractivity contribution is -0.139. The summed E-state index contributed by atoms with van der Waals surface area (Å²) in [6.45, 7) is 1.32. The fraction of sp³-hybridized carbons (Fsp3) is 0.238. The molecule has 4 rings (SSSR count). The van der Waals surface area contributed by atoms with Gasteiger partial charge in [-0.05, 0) is 29.3 Å². The van der Waals surface area contributed by atoms with Crippen LogP contribution in [0.15, 0.2) is 42.5 Å². The molecular weight excluding hydrogens is 360 g/mol. The number of carboxylic acid groups (broad SMARTS) is 1. The molecule has 144 valence electrons. The first-order valence-electron chi connectivity index (χ1n) is 8.92. The second kappa shape index (κ2) is 7.01. The Morgan fingerprint density at radius 1 is 1.14 bits per heavy atom. The minimum atomic E-state index is -0.908. The Morgan fingerprint density at radius 2 is 1.93 bits per heavy atom. The average molecular weight is 380 g/mol. The van der Waals surface area contributed by atoms with E-state index >= 15 is 0 Å². The standard InChI is InChI=1S/C21H20N2O5/c1-11(24)28-18-9-12(7-8-17(18)27-2)19-20-14(10-16(23-19)21(25)26)13-5-3-4-6-15(13)22-20/h3-9,16,19,22-23H,10H2,1-2H3,(H,25,26). The van der Waals surface area contributed by atoms with Crippen LogP contribution in [0.5, 0.6) is 11.5 Å². The van der Waals surface area contributed by atoms with E-state index in [-0.39, 0.29) is 0 Å². The number of methoxy groups -OCH3 is 1. The Labute approximate surface area is 161 Å². The Hall–Kier alpha value is -3.32. The van der Waals surface area contributed by atoms with Gasteiger partial charge in [0.15, 0.2) is 11.5 Å². The summed E-state index contributed by atoms with van der Waals surface area (Å²) in [5.41, 5.74) is 3.63. The number of esters is 1. The molecule has 0 saturated carbocycles. The van der Waals surface area contributed by atoms with Crippen molar-refractivity contribution < 1.29 is 24.2 Å². The summed E-state index contributed by atoms with van der Waals surface area (Å²) >= 11 is 0. The van der Waals surface area contributed by atoms with Gasteiger partial charge in [0.1, 0.15) is 6.04 Å². The van der Waals surface area contributed by atoms with Crippen LogP contribution in [0.4, 0.5) is 0 Å². The summed E-state index contributed by atoms with van der Waals surface area (Å²) in [5, 5.41) is 13.8. The van der Waals surface area contributed by atoms with Gasteiger partial charge in [-0.2, -0.15) is 0 Å². The number of fused-ring (bicyclic) bond motifs is 3. The number of aliphatic carboxylic acids is 1. The molecule has 0 saturated heterocycles. The van der Waals surface area contributed by atoms with E-state index < -0.39 is 24.0 Å². The minimum Gasteiger partial charge on any atom is -0.493 e. The number of hydrogen-bond acceptors (Lipinski definition) is 5. The lowest BCUT2D eigenvalue weighted by Gasteiger charge is -2.30. The zero-order valence-corrected chi connectivity index (χ0v) is 15.5. The third kappa shape index (κ3) is 3.10. The zero-order valence-electron chi connectivity index (χ0n) is 15.5. The summed E-state index contributed by atoms with van der Waals surface area (Å²) in [6.07, 6.45) is 0.387. The third-order valence-electron chi connectivity index (χ3n) is 4.98. The summed E-state index contributed by atoms with van der Waals surface area (Å²) in [4.78, 5) is 26.6. The lowest BCUT2D eigenvalue weighted by atomic mass is 9.90. The highest BCUT2D eigenvalue weighted by Crippen LogP contribution is 2.38. The van der Waals surface area contributed by atoms with E-state index in [1.807, 2.05) is 30.3 Å². The van der Waals surface area contributed by atoms with Gasteiger partial charge in [0.25, 0.3) is 0 Å². The van der Waals surface area contributed by atoms with Crippen LogP contribution in [0.3, 0.4) is 0 Å². The van der Waals surface area contributed by atoms with Crippen molar-refractivity contribution in [1.29, 1.82) is 0 Å². The monoisotopic (exact) mass is 380 g/mol. The van der Waals surface area contributed by atoms with E-state index in [0.717, 1.165) is 27.7 Å². The van der Waals surface area contributed by atoms with Crippen LogP contribution in [0.2, 0.25) is 0 Å². The van der Waals surface area contributed by atoms with E-state index in [2.05, 4.69) is 10.3 Å². The number of carbonyl (C=O) groups is 2. The largest absolute Gasteiger partial charge is 0.493 e. The van der Waals surface area contributed by atoms with E-state index in [1.165, 1.54) is 14.0 Å². The van der Waals surface area contributed by atoms with Gasteiger partial charge in [0.05, 0.1) is 13.2 Å². The molecule has 2 aromatic carbocycles. The van der Waals surface area contributed by atoms with Gasteiger partial charge in [-0.1, -0.05) is 24.3 Å². The quantitative estimate of drug-likeness (QED) is 0.475. The zero-order chi connectivity index (χ0) is 19.8. The van der Waals surface area contributed by atoms with Gasteiger partial charge < -0.3 is 19.6 Å². The van der Waals surface area contributed by atoms with Gasteiger partial charge in [-0.15, -0.1) is 0 Å². The molecule has 0 amide bonds. The minimum absolute atomic E-state index is 0.296. The van der Waals surface area contributed by atoms with Crippen molar-refractivity contribution >= 4 is 22.8 Å². The van der Waals surface area contributed by atoms with E-state index in [1.54, 1.807) is 12.1 Å². The predicted octanol–water partition coefficient (Wildman–Crippen LogP) is 2.79. The predicted molar refractivity (Wildman–Crippen MR) is 103 cm³/mol. The fourth-order valence-corrected chi connectivity index (χ4v) is 3.76. The van der Waals surface area contributed by atoms with Crippen LogP contribution in [0, 0.1) is 0 Å². The number of aromatic amines is 1. The molecule has 0 aliphatic carbocycles. The van der Waals surface area contributed by atoms with Crippen molar-refractivity contribution in [3.8, 4) is 11.5 Å². The number of hydrogen-bond donors (Lipinski definition) is 3. The Balaban J connectivity index is 1.85. The number of carboxylic acids is 1. The Morgan fingerprint density at radius 3 is 2.64 bits per heavy atom. The van der Waals surface area contributed by atoms with Gasteiger partial charge >= 0.3 is 11.9 Å². The molecule has 1 aromatic heterocycles. The van der Waals surface area contributed by atoms with Crippen molar-refractivity contribution in [2.24, 2.45) is 0 Å². The number of rotatable bonds is 4. The Bertz CT molecular complexity index is 1070. The lowest BCUT2D eigenvalue weighted by Crippen LogP contribution is -2.44. The van der Waals surface area contributed by atoms with Crippen LogP contribution < -0.4 is 14.8 Å². The molecule has 2 unspecified atom stereocenters. The normalized spacial score (nSPS) is 18.5. The number of carbonyl (C=O) groups excluding carboxylic acids is 1. The summed E-state index contributed by atoms with van der Waals surface area (Å²) in [5.74, 6) is -0.637. The first-order valence-corrected chi connectivity index (χ1v) is 8.92. The first kappa shape index (κ1) is 18.1. The highest BCUT2D eigenvalue weighted by Gasteiger charge is 2.34. The van der Waals surface area contributed by atoms with Crippen LogP contribution in [-0.2, 0) is 16.0 Å². The van der Waals surface area contributed by atoms with Gasteiger partial charge in [0, 0.05) is 29.9 Å². The van der Waals surface area contributed by atoms with E-state index in [0.29, 0.717) is 17.9 Å². The molecule has 1 aliphatic heterocycles. The van der Waals surface area contributed by atoms with E-state index in [9.17, 15) is 14.7 Å². The maximum Gasteiger partial charge on any atom is 0.321 e. The molecule has 7 nitrogen and oxygen atoms in total. The average Bonchev–Trinajstić information content (AvgIpc) is 3.05. The van der Waals surface area contributed by atoms with Crippen LogP contribution in [0.25, 0.3) is 10.9 Å². The summed E-state index contributed by atoms with van der Waals surface area (Å²) in [7, 11) is 1.50. The molecule has 28 heavy (non-hydrogen) atoms. The highest BCUT2D eigenvalue weighted by molar-refractivity contribution is 5.87. The number of benzene rings is 2. The van der Waals surface area contributed by atoms with Crippen molar-refractivity contribution in [2.75, 3.05) is 7.11 Å². The number of H-pyrrole nitrogens is 1. The van der Waals surface area contributed by atoms with Gasteiger partial charge in [-0.25, -0.2) is 0 Å². The number of nitrogens with one attached hydrogen (secondary N) is 2. The van der Waals surface area contributed by atoms with Crippen LogP contribution >= 0.6 is 0 Å². The van der Waals surface area contributed by atoms with Crippen molar-refractivity contribution in [3.05, 3.63) is 59.3 Å². The van der Waals surface area contributed by atoms with Crippen molar-refractivity contribution in [1.82, 2.24) is 10.3 Å². The molecule has 0 radical (unpaired) electrons. The van der Waals surface area contributed by atoms with Crippen molar-refractivity contribution in [3.63, 3.8) is 0 Å². The van der Waals surface area contributed by atoms with Gasteiger partial charge in [-0.3, -0.25) is 14.9 Å². The third-order valence-corrected chi connectivity index (χ3v) is 4.98. The smallest absolute Gasteiger partial charge is 0.321 e. The van der Waals surface area contributed by atoms with Gasteiger partial charge in [0.2, 0.25) is 0 Å². The summed E-state index contributed by atoms with van der Waals surface area (Å²) in [6, 6.07) is 12.0. The second-order valence-electron chi connectivity index (χ2n) is 6.76. The molecule has 2 atom stereocenters. The molecule has 7 heteroatoms. The topological polar surface area (TPSA) is 101 Å². The number of ether oxygens (including phenoxy) is 2. The van der Waals surface area contributed by atoms with Crippen molar-refractivity contribution in [2.45, 2.75) is 25.4 Å². The molecular formula is C21H20N2O5. The number of aromatic nitrogens is 1. The van der Waals surface area contributed by atoms with E-state index in [4.69, 9.17) is 9.47 Å². The fourth-order valence-electron chi connectivity index (χ4n) is 3.76. The molecule has 0 bridgehead atoms. The first-order chi connectivity index (χ1) is 13.5. The summed E-state index contributed by atoms with van der Waals surface area (Å²) < 4.78 is 10.5. The molecule has 1 aliphatic rings. The van der Waals surface area contributed by atoms with Crippen LogP contribution in [-0.4, -0.2) is 35.2 Å². The maximum atomic E-state index is 11.7. The second-order valence-corrected chi connectivity index (χ2v) is 6.76. The maximum absolute atomic E-state index is 11.7. The molecule has 2 heterocycles. The number of para-hydroxylation sites is 1. The molecule has 0 spiro atoms. The SMILES string of the molecule is COc1ccc(C2NC(C(=O)O)Cc3c2[nH]c2ccccc32)cc1OC(C)=O. The molecule has 3 aromatic rings. The Kier molecular flexibility index (Phi) is 4.52.